The number of nitrogens with one attached hydrogen (secondary N) is 2. The Balaban J connectivity index is 0.00000132. The molecule has 2 N–H and O–H groups in total. The summed E-state index contributed by atoms with van der Waals surface area (Å²) in [5.41, 5.74) is 2.39. The fourth-order valence-corrected chi connectivity index (χ4v) is 2.86. The summed E-state index contributed by atoms with van der Waals surface area (Å²) in [6.45, 7) is 4.76. The van der Waals surface area contributed by atoms with Crippen molar-refractivity contribution in [1.29, 1.82) is 0 Å². The number of para-hydroxylation sites is 1. The van der Waals surface area contributed by atoms with Gasteiger partial charge in [0.2, 0.25) is 0 Å². The highest BCUT2D eigenvalue weighted by Crippen LogP contribution is 2.17. The van der Waals surface area contributed by atoms with Crippen molar-refractivity contribution >= 4 is 41.6 Å². The van der Waals surface area contributed by atoms with Crippen molar-refractivity contribution in [3.63, 3.8) is 0 Å². The first-order chi connectivity index (χ1) is 10.2. The van der Waals surface area contributed by atoms with Crippen LogP contribution in [0.1, 0.15) is 28.9 Å². The summed E-state index contributed by atoms with van der Waals surface area (Å²) in [5.74, 6) is 0.511. The minimum absolute atomic E-state index is 0. The number of halogens is 2. The monoisotopic (exact) mass is 355 g/mol. The molecule has 2 heterocycles. The molecule has 1 amide bonds. The van der Waals surface area contributed by atoms with E-state index in [0.29, 0.717) is 11.5 Å². The molecule has 2 aromatic rings. The number of benzene rings is 1. The number of carbonyl (C=O) groups excluding carboxylic acids is 1. The summed E-state index contributed by atoms with van der Waals surface area (Å²) < 4.78 is 0. The Morgan fingerprint density at radius 3 is 2.87 bits per heavy atom. The van der Waals surface area contributed by atoms with Gasteiger partial charge in [0.15, 0.2) is 0 Å². The third-order valence-corrected chi connectivity index (χ3v) is 4.05. The molecule has 1 unspecified atom stereocenters. The number of hydrogen-bond acceptors (Lipinski definition) is 3. The minimum atomic E-state index is -0.0238. The zero-order valence-corrected chi connectivity index (χ0v) is 14.8. The lowest BCUT2D eigenvalue weighted by Gasteiger charge is -2.22. The molecule has 6 heteroatoms. The van der Waals surface area contributed by atoms with Crippen LogP contribution in [0.25, 0.3) is 10.9 Å². The number of hydrogen-bond donors (Lipinski definition) is 2. The van der Waals surface area contributed by atoms with Crippen molar-refractivity contribution in [3.8, 4) is 0 Å². The van der Waals surface area contributed by atoms with E-state index in [1.165, 1.54) is 12.8 Å². The van der Waals surface area contributed by atoms with E-state index in [2.05, 4.69) is 15.6 Å². The highest BCUT2D eigenvalue weighted by Gasteiger charge is 2.16. The van der Waals surface area contributed by atoms with Crippen molar-refractivity contribution in [3.05, 3.63) is 41.6 Å². The van der Waals surface area contributed by atoms with E-state index < -0.39 is 0 Å². The number of amides is 1. The molecule has 1 atom stereocenters. The maximum Gasteiger partial charge on any atom is 0.253 e. The van der Waals surface area contributed by atoms with Crippen molar-refractivity contribution in [2.24, 2.45) is 5.92 Å². The smallest absolute Gasteiger partial charge is 0.253 e. The Morgan fingerprint density at radius 2 is 2.13 bits per heavy atom. The van der Waals surface area contributed by atoms with E-state index in [9.17, 15) is 4.79 Å². The quantitative estimate of drug-likeness (QED) is 0.889. The van der Waals surface area contributed by atoms with E-state index in [0.717, 1.165) is 36.2 Å². The van der Waals surface area contributed by atoms with Gasteiger partial charge in [0.1, 0.15) is 0 Å². The third kappa shape index (κ3) is 4.80. The van der Waals surface area contributed by atoms with Gasteiger partial charge in [0, 0.05) is 17.6 Å². The fourth-order valence-electron chi connectivity index (χ4n) is 2.86. The zero-order chi connectivity index (χ0) is 14.7. The van der Waals surface area contributed by atoms with Gasteiger partial charge in [-0.3, -0.25) is 9.78 Å². The molecule has 0 aliphatic carbocycles. The van der Waals surface area contributed by atoms with Crippen LogP contribution in [0.15, 0.2) is 30.3 Å². The number of pyridine rings is 1. The summed E-state index contributed by atoms with van der Waals surface area (Å²) in [4.78, 5) is 17.0. The van der Waals surface area contributed by atoms with Crippen LogP contribution in [-0.2, 0) is 0 Å². The van der Waals surface area contributed by atoms with E-state index in [-0.39, 0.29) is 30.7 Å². The number of rotatable bonds is 3. The molecule has 0 spiro atoms. The van der Waals surface area contributed by atoms with Crippen LogP contribution in [0.4, 0.5) is 0 Å². The molecule has 1 aliphatic heterocycles. The lowest BCUT2D eigenvalue weighted by atomic mass is 9.99. The number of piperidine rings is 1. The molecule has 1 saturated heterocycles. The molecule has 23 heavy (non-hydrogen) atoms. The standard InChI is InChI=1S/C17H21N3O.2ClH/c1-12-7-8-14-5-2-6-15(16(14)20-12)17(21)19-11-13-4-3-9-18-10-13;;/h2,5-8,13,18H,3-4,9-11H2,1H3,(H,19,21);2*1H. The molecule has 0 bridgehead atoms. The number of nitrogens with zero attached hydrogens (tertiary/aromatic N) is 1. The topological polar surface area (TPSA) is 54.0 Å². The van der Waals surface area contributed by atoms with Gasteiger partial charge in [-0.25, -0.2) is 0 Å². The van der Waals surface area contributed by atoms with Gasteiger partial charge in [-0.2, -0.15) is 0 Å². The normalized spacial score (nSPS) is 17.0. The predicted molar refractivity (Wildman–Crippen MR) is 98.9 cm³/mol. The Morgan fingerprint density at radius 1 is 1.30 bits per heavy atom. The molecule has 1 fully saturated rings. The average Bonchev–Trinajstić information content (AvgIpc) is 2.53. The fraction of sp³-hybridized carbons (Fsp3) is 0.412. The second-order valence-electron chi connectivity index (χ2n) is 5.75. The second-order valence-corrected chi connectivity index (χ2v) is 5.75. The van der Waals surface area contributed by atoms with Gasteiger partial charge in [-0.05, 0) is 50.9 Å². The van der Waals surface area contributed by atoms with Gasteiger partial charge >= 0.3 is 0 Å². The average molecular weight is 356 g/mol. The maximum absolute atomic E-state index is 12.4. The van der Waals surface area contributed by atoms with E-state index in [4.69, 9.17) is 0 Å². The molecule has 3 rings (SSSR count). The van der Waals surface area contributed by atoms with Crippen LogP contribution < -0.4 is 10.6 Å². The molecular weight excluding hydrogens is 333 g/mol. The Hall–Kier alpha value is -1.36. The molecular formula is C17H23Cl2N3O. The van der Waals surface area contributed by atoms with Crippen LogP contribution in [0, 0.1) is 12.8 Å². The highest BCUT2D eigenvalue weighted by molar-refractivity contribution is 6.05. The second kappa shape index (κ2) is 9.06. The van der Waals surface area contributed by atoms with Crippen LogP contribution in [-0.4, -0.2) is 30.5 Å². The van der Waals surface area contributed by atoms with Crippen LogP contribution in [0.5, 0.6) is 0 Å². The summed E-state index contributed by atoms with van der Waals surface area (Å²) in [6.07, 6.45) is 2.37. The van der Waals surface area contributed by atoms with Crippen molar-refractivity contribution in [2.45, 2.75) is 19.8 Å². The zero-order valence-electron chi connectivity index (χ0n) is 13.2. The van der Waals surface area contributed by atoms with E-state index >= 15 is 0 Å². The molecule has 1 aromatic heterocycles. The van der Waals surface area contributed by atoms with Gasteiger partial charge in [-0.15, -0.1) is 24.8 Å². The largest absolute Gasteiger partial charge is 0.352 e. The summed E-state index contributed by atoms with van der Waals surface area (Å²) in [5, 5.41) is 7.44. The molecule has 0 radical (unpaired) electrons. The van der Waals surface area contributed by atoms with Crippen molar-refractivity contribution < 1.29 is 4.79 Å². The minimum Gasteiger partial charge on any atom is -0.352 e. The van der Waals surface area contributed by atoms with Gasteiger partial charge < -0.3 is 10.6 Å². The first-order valence-corrected chi connectivity index (χ1v) is 7.59. The number of carbonyl (C=O) groups is 1. The summed E-state index contributed by atoms with van der Waals surface area (Å²) in [6, 6.07) is 9.74. The first kappa shape index (κ1) is 19.7. The van der Waals surface area contributed by atoms with Crippen LogP contribution >= 0.6 is 24.8 Å². The van der Waals surface area contributed by atoms with Gasteiger partial charge in [0.05, 0.1) is 11.1 Å². The molecule has 4 nitrogen and oxygen atoms in total. The lowest BCUT2D eigenvalue weighted by molar-refractivity contribution is 0.0946. The van der Waals surface area contributed by atoms with Crippen molar-refractivity contribution in [2.75, 3.05) is 19.6 Å². The van der Waals surface area contributed by atoms with E-state index in [1.54, 1.807) is 0 Å². The van der Waals surface area contributed by atoms with Crippen LogP contribution in [0.3, 0.4) is 0 Å². The predicted octanol–water partition coefficient (Wildman–Crippen LogP) is 3.12. The molecule has 1 aromatic carbocycles. The molecule has 126 valence electrons. The third-order valence-electron chi connectivity index (χ3n) is 4.05. The van der Waals surface area contributed by atoms with Crippen LogP contribution in [0.2, 0.25) is 0 Å². The Bertz CT molecular complexity index is 657. The Kier molecular flexibility index (Phi) is 7.76. The molecule has 1 aliphatic rings. The lowest BCUT2D eigenvalue weighted by Crippen LogP contribution is -2.38. The highest BCUT2D eigenvalue weighted by atomic mass is 35.5. The number of fused-ring (bicyclic) bond motifs is 1. The van der Waals surface area contributed by atoms with Gasteiger partial charge in [0.25, 0.3) is 5.91 Å². The number of aromatic nitrogens is 1. The Labute approximate surface area is 149 Å². The maximum atomic E-state index is 12.4. The SMILES string of the molecule is Cc1ccc2cccc(C(=O)NCC3CCCNC3)c2n1.Cl.Cl. The number of aryl methyl sites for hydroxylation is 1. The van der Waals surface area contributed by atoms with Gasteiger partial charge in [-0.1, -0.05) is 18.2 Å². The molecule has 0 saturated carbocycles. The van der Waals surface area contributed by atoms with Crippen molar-refractivity contribution in [1.82, 2.24) is 15.6 Å². The summed E-state index contributed by atoms with van der Waals surface area (Å²) >= 11 is 0. The first-order valence-electron chi connectivity index (χ1n) is 7.59. The summed E-state index contributed by atoms with van der Waals surface area (Å²) in [7, 11) is 0. The van der Waals surface area contributed by atoms with E-state index in [1.807, 2.05) is 37.3 Å².